The van der Waals surface area contributed by atoms with Crippen LogP contribution in [0.4, 0.5) is 0 Å². The highest BCUT2D eigenvalue weighted by atomic mass is 32.2. The molecule has 0 aliphatic heterocycles. The number of nitrogens with one attached hydrogen (secondary N) is 2. The van der Waals surface area contributed by atoms with Crippen LogP contribution in [0.15, 0.2) is 0 Å². The van der Waals surface area contributed by atoms with Crippen LogP contribution in [0.25, 0.3) is 0 Å². The maximum absolute atomic E-state index is 12.1. The second kappa shape index (κ2) is 6.71. The Morgan fingerprint density at radius 1 is 1.29 bits per heavy atom. The van der Waals surface area contributed by atoms with Gasteiger partial charge in [-0.1, -0.05) is 20.3 Å². The zero-order valence-corrected chi connectivity index (χ0v) is 12.0. The first-order chi connectivity index (χ1) is 7.99. The van der Waals surface area contributed by atoms with E-state index in [1.807, 2.05) is 6.92 Å². The van der Waals surface area contributed by atoms with E-state index in [0.29, 0.717) is 12.6 Å². The average molecular weight is 262 g/mol. The van der Waals surface area contributed by atoms with Gasteiger partial charge in [-0.05, 0) is 32.6 Å². The molecule has 0 radical (unpaired) electrons. The van der Waals surface area contributed by atoms with Crippen LogP contribution in [0, 0.1) is 0 Å². The van der Waals surface area contributed by atoms with Crippen LogP contribution in [0.3, 0.4) is 0 Å². The van der Waals surface area contributed by atoms with E-state index >= 15 is 0 Å². The first-order valence-corrected chi connectivity index (χ1v) is 8.28. The molecule has 0 saturated heterocycles. The standard InChI is InChI=1S/C12H26N2O2S/c1-4-6-11(5-2)14-17(15,16)10(3)9-13-12-7-8-12/h10-14H,4-9H2,1-3H3. The number of hydrogen-bond donors (Lipinski definition) is 2. The van der Waals surface area contributed by atoms with Crippen molar-refractivity contribution in [2.45, 2.75) is 70.2 Å². The van der Waals surface area contributed by atoms with Gasteiger partial charge < -0.3 is 5.32 Å². The molecule has 1 fully saturated rings. The van der Waals surface area contributed by atoms with Gasteiger partial charge >= 0.3 is 0 Å². The first-order valence-electron chi connectivity index (χ1n) is 6.74. The topological polar surface area (TPSA) is 58.2 Å². The van der Waals surface area contributed by atoms with Crippen molar-refractivity contribution >= 4 is 10.0 Å². The van der Waals surface area contributed by atoms with E-state index in [2.05, 4.69) is 17.0 Å². The van der Waals surface area contributed by atoms with Crippen LogP contribution in [0.5, 0.6) is 0 Å². The Balaban J connectivity index is 2.40. The van der Waals surface area contributed by atoms with Crippen molar-refractivity contribution in [3.8, 4) is 0 Å². The molecule has 0 amide bonds. The van der Waals surface area contributed by atoms with Crippen molar-refractivity contribution in [2.75, 3.05) is 6.54 Å². The Bertz CT molecular complexity index is 312. The van der Waals surface area contributed by atoms with E-state index in [9.17, 15) is 8.42 Å². The molecule has 17 heavy (non-hydrogen) atoms. The Kier molecular flexibility index (Phi) is 5.89. The molecule has 1 saturated carbocycles. The Morgan fingerprint density at radius 3 is 2.41 bits per heavy atom. The highest BCUT2D eigenvalue weighted by Crippen LogP contribution is 2.18. The molecular formula is C12H26N2O2S. The second-order valence-electron chi connectivity index (χ2n) is 5.05. The van der Waals surface area contributed by atoms with E-state index in [0.717, 1.165) is 19.3 Å². The van der Waals surface area contributed by atoms with Gasteiger partial charge in [-0.25, -0.2) is 13.1 Å². The largest absolute Gasteiger partial charge is 0.313 e. The predicted octanol–water partition coefficient (Wildman–Crippen LogP) is 1.62. The highest BCUT2D eigenvalue weighted by Gasteiger charge is 2.26. The molecule has 0 aromatic rings. The molecule has 1 aliphatic carbocycles. The SMILES string of the molecule is CCCC(CC)NS(=O)(=O)C(C)CNC1CC1. The third-order valence-corrected chi connectivity index (χ3v) is 5.15. The lowest BCUT2D eigenvalue weighted by Gasteiger charge is -2.20. The van der Waals surface area contributed by atoms with Gasteiger partial charge in [0.15, 0.2) is 0 Å². The van der Waals surface area contributed by atoms with Crippen molar-refractivity contribution in [1.82, 2.24) is 10.0 Å². The lowest BCUT2D eigenvalue weighted by molar-refractivity contribution is 0.502. The van der Waals surface area contributed by atoms with Gasteiger partial charge in [0, 0.05) is 18.6 Å². The number of hydrogen-bond acceptors (Lipinski definition) is 3. The zero-order chi connectivity index (χ0) is 12.9. The zero-order valence-electron chi connectivity index (χ0n) is 11.2. The van der Waals surface area contributed by atoms with Crippen LogP contribution in [-0.4, -0.2) is 32.3 Å². The second-order valence-corrected chi connectivity index (χ2v) is 7.18. The molecule has 0 heterocycles. The third kappa shape index (κ3) is 5.36. The van der Waals surface area contributed by atoms with E-state index in [-0.39, 0.29) is 11.3 Å². The molecule has 2 unspecified atom stereocenters. The lowest BCUT2D eigenvalue weighted by Crippen LogP contribution is -2.43. The van der Waals surface area contributed by atoms with Gasteiger partial charge in [-0.15, -0.1) is 0 Å². The summed E-state index contributed by atoms with van der Waals surface area (Å²) >= 11 is 0. The van der Waals surface area contributed by atoms with Crippen molar-refractivity contribution in [1.29, 1.82) is 0 Å². The van der Waals surface area contributed by atoms with Crippen LogP contribution >= 0.6 is 0 Å². The maximum atomic E-state index is 12.1. The fourth-order valence-corrected chi connectivity index (χ4v) is 3.07. The molecule has 1 aliphatic rings. The van der Waals surface area contributed by atoms with Gasteiger partial charge in [0.05, 0.1) is 5.25 Å². The summed E-state index contributed by atoms with van der Waals surface area (Å²) in [5.41, 5.74) is 0. The van der Waals surface area contributed by atoms with Crippen molar-refractivity contribution in [2.24, 2.45) is 0 Å². The van der Waals surface area contributed by atoms with Gasteiger partial charge in [-0.3, -0.25) is 0 Å². The summed E-state index contributed by atoms with van der Waals surface area (Å²) in [6.45, 7) is 6.43. The minimum absolute atomic E-state index is 0.0911. The molecule has 2 atom stereocenters. The van der Waals surface area contributed by atoms with Crippen molar-refractivity contribution in [3.63, 3.8) is 0 Å². The Hall–Kier alpha value is -0.130. The minimum Gasteiger partial charge on any atom is -0.313 e. The Morgan fingerprint density at radius 2 is 1.94 bits per heavy atom. The normalized spacial score (nSPS) is 20.2. The van der Waals surface area contributed by atoms with E-state index in [4.69, 9.17) is 0 Å². The molecule has 4 nitrogen and oxygen atoms in total. The predicted molar refractivity (Wildman–Crippen MR) is 71.5 cm³/mol. The van der Waals surface area contributed by atoms with Crippen LogP contribution in [-0.2, 0) is 10.0 Å². The summed E-state index contributed by atoms with van der Waals surface area (Å²) in [4.78, 5) is 0. The summed E-state index contributed by atoms with van der Waals surface area (Å²) in [5, 5.41) is 2.91. The van der Waals surface area contributed by atoms with Crippen LogP contribution in [0.2, 0.25) is 0 Å². The van der Waals surface area contributed by atoms with E-state index in [1.165, 1.54) is 12.8 Å². The van der Waals surface area contributed by atoms with Gasteiger partial charge in [0.2, 0.25) is 10.0 Å². The summed E-state index contributed by atoms with van der Waals surface area (Å²) < 4.78 is 26.9. The molecule has 0 aromatic heterocycles. The molecule has 2 N–H and O–H groups in total. The molecular weight excluding hydrogens is 236 g/mol. The van der Waals surface area contributed by atoms with Gasteiger partial charge in [0.25, 0.3) is 0 Å². The number of rotatable bonds is 9. The Labute approximate surface area is 106 Å². The van der Waals surface area contributed by atoms with Gasteiger partial charge in [-0.2, -0.15) is 0 Å². The summed E-state index contributed by atoms with van der Waals surface area (Å²) in [6, 6.07) is 0.652. The number of sulfonamides is 1. The van der Waals surface area contributed by atoms with Crippen LogP contribution < -0.4 is 10.0 Å². The molecule has 1 rings (SSSR count). The summed E-state index contributed by atoms with van der Waals surface area (Å²) in [5.74, 6) is 0. The van der Waals surface area contributed by atoms with Crippen LogP contribution in [0.1, 0.15) is 52.9 Å². The van der Waals surface area contributed by atoms with Gasteiger partial charge in [0.1, 0.15) is 0 Å². The molecule has 0 aromatic carbocycles. The minimum atomic E-state index is -3.17. The first kappa shape index (κ1) is 14.9. The fourth-order valence-electron chi connectivity index (χ4n) is 1.77. The average Bonchev–Trinajstić information content (AvgIpc) is 3.08. The van der Waals surface area contributed by atoms with E-state index in [1.54, 1.807) is 6.92 Å². The monoisotopic (exact) mass is 262 g/mol. The van der Waals surface area contributed by atoms with Crippen molar-refractivity contribution < 1.29 is 8.42 Å². The summed E-state index contributed by atoms with van der Waals surface area (Å²) in [7, 11) is -3.17. The third-order valence-electron chi connectivity index (χ3n) is 3.26. The molecule has 0 spiro atoms. The highest BCUT2D eigenvalue weighted by molar-refractivity contribution is 7.90. The van der Waals surface area contributed by atoms with Crippen molar-refractivity contribution in [3.05, 3.63) is 0 Å². The lowest BCUT2D eigenvalue weighted by atomic mass is 10.1. The smallest absolute Gasteiger partial charge is 0.215 e. The molecule has 0 bridgehead atoms. The maximum Gasteiger partial charge on any atom is 0.215 e. The molecule has 5 heteroatoms. The molecule has 102 valence electrons. The quantitative estimate of drug-likeness (QED) is 0.664. The fraction of sp³-hybridized carbons (Fsp3) is 1.00. The summed E-state index contributed by atoms with van der Waals surface area (Å²) in [6.07, 6.45) is 5.16. The van der Waals surface area contributed by atoms with E-state index < -0.39 is 10.0 Å².